The predicted octanol–water partition coefficient (Wildman–Crippen LogP) is 5.86. The van der Waals surface area contributed by atoms with E-state index in [1.807, 2.05) is 55.6 Å². The number of aromatic nitrogens is 2. The van der Waals surface area contributed by atoms with Crippen molar-refractivity contribution in [1.29, 1.82) is 0 Å². The lowest BCUT2D eigenvalue weighted by atomic mass is 10.1. The first kappa shape index (κ1) is 16.0. The van der Waals surface area contributed by atoms with E-state index < -0.39 is 0 Å². The SMILES string of the molecule is [C-]#[N+]c1cn2c(C)c(-c3ccc(OCC)cc3)[nH]c2c1-c1ccccc1. The van der Waals surface area contributed by atoms with E-state index in [1.54, 1.807) is 0 Å². The Bertz CT molecular complexity index is 1100. The molecule has 128 valence electrons. The summed E-state index contributed by atoms with van der Waals surface area (Å²) in [5, 5.41) is 0. The third-order valence-electron chi connectivity index (χ3n) is 4.59. The first-order valence-corrected chi connectivity index (χ1v) is 8.62. The van der Waals surface area contributed by atoms with E-state index in [0.717, 1.165) is 39.5 Å². The van der Waals surface area contributed by atoms with Crippen LogP contribution in [-0.4, -0.2) is 16.0 Å². The van der Waals surface area contributed by atoms with Gasteiger partial charge in [-0.3, -0.25) is 0 Å². The molecule has 4 nitrogen and oxygen atoms in total. The summed E-state index contributed by atoms with van der Waals surface area (Å²) in [7, 11) is 0. The van der Waals surface area contributed by atoms with Crippen LogP contribution in [0.2, 0.25) is 0 Å². The second-order valence-electron chi connectivity index (χ2n) is 6.13. The molecule has 1 N–H and O–H groups in total. The number of hydrogen-bond donors (Lipinski definition) is 1. The summed E-state index contributed by atoms with van der Waals surface area (Å²) < 4.78 is 7.60. The van der Waals surface area contributed by atoms with Crippen LogP contribution in [0.1, 0.15) is 12.6 Å². The van der Waals surface area contributed by atoms with Gasteiger partial charge in [0, 0.05) is 23.0 Å². The Hall–Kier alpha value is -3.45. The van der Waals surface area contributed by atoms with Crippen LogP contribution in [0.15, 0.2) is 60.8 Å². The van der Waals surface area contributed by atoms with Crippen LogP contribution in [-0.2, 0) is 0 Å². The van der Waals surface area contributed by atoms with Gasteiger partial charge in [-0.15, -0.1) is 0 Å². The van der Waals surface area contributed by atoms with Crippen molar-refractivity contribution in [3.8, 4) is 28.1 Å². The number of aromatic amines is 1. The third kappa shape index (κ3) is 2.55. The van der Waals surface area contributed by atoms with Gasteiger partial charge in [0.25, 0.3) is 0 Å². The molecule has 0 spiro atoms. The highest BCUT2D eigenvalue weighted by molar-refractivity contribution is 5.92. The first-order valence-electron chi connectivity index (χ1n) is 8.62. The van der Waals surface area contributed by atoms with E-state index in [9.17, 15) is 0 Å². The van der Waals surface area contributed by atoms with Gasteiger partial charge in [0.2, 0.25) is 5.69 Å². The molecule has 0 unspecified atom stereocenters. The van der Waals surface area contributed by atoms with Gasteiger partial charge in [-0.05, 0) is 43.7 Å². The van der Waals surface area contributed by atoms with E-state index in [0.29, 0.717) is 12.3 Å². The summed E-state index contributed by atoms with van der Waals surface area (Å²) in [6.07, 6.45) is 1.91. The molecular weight excluding hydrogens is 322 g/mol. The molecule has 0 fully saturated rings. The molecule has 0 aliphatic heterocycles. The summed E-state index contributed by atoms with van der Waals surface area (Å²) in [5.41, 5.74) is 6.82. The molecule has 0 radical (unpaired) electrons. The molecule has 0 saturated heterocycles. The van der Waals surface area contributed by atoms with Gasteiger partial charge < -0.3 is 14.1 Å². The quantitative estimate of drug-likeness (QED) is 0.463. The third-order valence-corrected chi connectivity index (χ3v) is 4.59. The summed E-state index contributed by atoms with van der Waals surface area (Å²) in [4.78, 5) is 7.26. The second-order valence-corrected chi connectivity index (χ2v) is 6.13. The van der Waals surface area contributed by atoms with Crippen LogP contribution in [0, 0.1) is 13.5 Å². The number of hydrogen-bond acceptors (Lipinski definition) is 1. The minimum Gasteiger partial charge on any atom is -0.494 e. The number of rotatable bonds is 4. The number of imidazole rings is 1. The molecule has 0 atom stereocenters. The van der Waals surface area contributed by atoms with Gasteiger partial charge in [0.15, 0.2) is 0 Å². The first-order chi connectivity index (χ1) is 12.7. The van der Waals surface area contributed by atoms with Gasteiger partial charge in [0.05, 0.1) is 18.9 Å². The number of H-pyrrole nitrogens is 1. The van der Waals surface area contributed by atoms with Crippen molar-refractivity contribution in [3.05, 3.63) is 77.9 Å². The topological polar surface area (TPSA) is 33.8 Å². The predicted molar refractivity (Wildman–Crippen MR) is 105 cm³/mol. The molecule has 0 amide bonds. The number of fused-ring (bicyclic) bond motifs is 1. The van der Waals surface area contributed by atoms with Gasteiger partial charge >= 0.3 is 0 Å². The maximum absolute atomic E-state index is 7.54. The molecular formula is C22H19N3O. The Kier molecular flexibility index (Phi) is 3.98. The lowest BCUT2D eigenvalue weighted by Crippen LogP contribution is -1.91. The maximum atomic E-state index is 7.54. The zero-order valence-corrected chi connectivity index (χ0v) is 14.8. The van der Waals surface area contributed by atoms with E-state index in [2.05, 4.69) is 33.3 Å². The second kappa shape index (κ2) is 6.45. The fourth-order valence-electron chi connectivity index (χ4n) is 3.35. The molecule has 2 aromatic heterocycles. The van der Waals surface area contributed by atoms with Crippen molar-refractivity contribution < 1.29 is 4.74 Å². The highest BCUT2D eigenvalue weighted by Crippen LogP contribution is 2.38. The molecule has 0 bridgehead atoms. The average Bonchev–Trinajstić information content (AvgIpc) is 3.20. The van der Waals surface area contributed by atoms with Crippen molar-refractivity contribution in [2.75, 3.05) is 6.61 Å². The Labute approximate surface area is 152 Å². The Morgan fingerprint density at radius 3 is 2.42 bits per heavy atom. The normalized spacial score (nSPS) is 10.8. The highest BCUT2D eigenvalue weighted by atomic mass is 16.5. The van der Waals surface area contributed by atoms with E-state index in [4.69, 9.17) is 11.3 Å². The maximum Gasteiger partial charge on any atom is 0.214 e. The monoisotopic (exact) mass is 341 g/mol. The molecule has 0 aliphatic rings. The highest BCUT2D eigenvalue weighted by Gasteiger charge is 2.18. The fraction of sp³-hybridized carbons (Fsp3) is 0.136. The fourth-order valence-corrected chi connectivity index (χ4v) is 3.35. The molecule has 2 heterocycles. The summed E-state index contributed by atoms with van der Waals surface area (Å²) >= 11 is 0. The van der Waals surface area contributed by atoms with Crippen molar-refractivity contribution in [2.45, 2.75) is 13.8 Å². The van der Waals surface area contributed by atoms with Gasteiger partial charge in [0.1, 0.15) is 11.4 Å². The van der Waals surface area contributed by atoms with Crippen molar-refractivity contribution in [2.24, 2.45) is 0 Å². The van der Waals surface area contributed by atoms with Crippen LogP contribution in [0.25, 0.3) is 32.9 Å². The van der Waals surface area contributed by atoms with Gasteiger partial charge in [-0.25, -0.2) is 4.85 Å². The Balaban J connectivity index is 1.88. The van der Waals surface area contributed by atoms with E-state index in [1.165, 1.54) is 0 Å². The molecule has 4 aromatic rings. The van der Waals surface area contributed by atoms with Crippen molar-refractivity contribution >= 4 is 11.3 Å². The van der Waals surface area contributed by atoms with Crippen LogP contribution in [0.4, 0.5) is 5.69 Å². The van der Waals surface area contributed by atoms with Crippen LogP contribution in [0.5, 0.6) is 5.75 Å². The lowest BCUT2D eigenvalue weighted by Gasteiger charge is -2.05. The summed E-state index contributed by atoms with van der Waals surface area (Å²) in [6.45, 7) is 12.2. The average molecular weight is 341 g/mol. The molecule has 2 aromatic carbocycles. The minimum absolute atomic E-state index is 0.656. The number of ether oxygens (including phenoxy) is 1. The minimum atomic E-state index is 0.656. The van der Waals surface area contributed by atoms with E-state index >= 15 is 0 Å². The molecule has 4 heteroatoms. The Morgan fingerprint density at radius 1 is 1.04 bits per heavy atom. The Morgan fingerprint density at radius 2 is 1.77 bits per heavy atom. The molecule has 4 rings (SSSR count). The smallest absolute Gasteiger partial charge is 0.214 e. The van der Waals surface area contributed by atoms with Gasteiger partial charge in [-0.2, -0.15) is 0 Å². The lowest BCUT2D eigenvalue weighted by molar-refractivity contribution is 0.340. The number of aryl methyl sites for hydroxylation is 1. The van der Waals surface area contributed by atoms with E-state index in [-0.39, 0.29) is 0 Å². The number of nitrogens with zero attached hydrogens (tertiary/aromatic N) is 2. The number of nitrogens with one attached hydrogen (secondary N) is 1. The largest absolute Gasteiger partial charge is 0.494 e. The summed E-state index contributed by atoms with van der Waals surface area (Å²) in [6, 6.07) is 18.1. The molecule has 0 saturated carbocycles. The van der Waals surface area contributed by atoms with Gasteiger partial charge in [-0.1, -0.05) is 30.3 Å². The van der Waals surface area contributed by atoms with Crippen LogP contribution in [0.3, 0.4) is 0 Å². The standard InChI is InChI=1S/C22H19N3O/c1-4-26-18-12-10-17(11-13-18)21-15(2)25-14-19(23-3)20(22(25)24-21)16-8-6-5-7-9-16/h5-14,24H,4H2,1-2H3. The zero-order chi connectivity index (χ0) is 18.1. The van der Waals surface area contributed by atoms with Crippen molar-refractivity contribution in [3.63, 3.8) is 0 Å². The molecule has 26 heavy (non-hydrogen) atoms. The zero-order valence-electron chi connectivity index (χ0n) is 14.8. The van der Waals surface area contributed by atoms with Crippen LogP contribution < -0.4 is 4.74 Å². The summed E-state index contributed by atoms with van der Waals surface area (Å²) in [5.74, 6) is 0.868. The van der Waals surface area contributed by atoms with Crippen LogP contribution >= 0.6 is 0 Å². The van der Waals surface area contributed by atoms with Crippen molar-refractivity contribution in [1.82, 2.24) is 9.38 Å². The molecule has 0 aliphatic carbocycles. The number of benzene rings is 2.